The highest BCUT2D eigenvalue weighted by molar-refractivity contribution is 7.71. The summed E-state index contributed by atoms with van der Waals surface area (Å²) in [6.07, 6.45) is 3.11. The second kappa shape index (κ2) is 5.33. The van der Waals surface area contributed by atoms with Crippen LogP contribution in [0.25, 0.3) is 0 Å². The number of hydrogen-bond acceptors (Lipinski definition) is 1. The summed E-state index contributed by atoms with van der Waals surface area (Å²) in [7, 11) is 0. The van der Waals surface area contributed by atoms with Crippen LogP contribution in [-0.4, -0.2) is 9.55 Å². The van der Waals surface area contributed by atoms with Crippen LogP contribution in [0.5, 0.6) is 0 Å². The summed E-state index contributed by atoms with van der Waals surface area (Å²) in [5, 5.41) is 0. The molecule has 0 bridgehead atoms. The number of H-pyrrole nitrogens is 1. The van der Waals surface area contributed by atoms with Crippen LogP contribution in [0.4, 0.5) is 0 Å². The molecule has 2 aromatic rings. The number of hydrogen-bond donors (Lipinski definition) is 1. The molecular formula is C16H22N2S. The minimum Gasteiger partial charge on any atom is -0.337 e. The maximum atomic E-state index is 5.40. The summed E-state index contributed by atoms with van der Waals surface area (Å²) in [6.45, 7) is 9.64. The van der Waals surface area contributed by atoms with Crippen LogP contribution in [0.3, 0.4) is 0 Å². The molecule has 2 nitrogen and oxygen atoms in total. The normalized spacial score (nSPS) is 11.8. The first-order chi connectivity index (χ1) is 8.91. The van der Waals surface area contributed by atoms with E-state index in [0.29, 0.717) is 0 Å². The molecule has 1 heterocycles. The number of imidazole rings is 1. The van der Waals surface area contributed by atoms with E-state index in [9.17, 15) is 0 Å². The maximum Gasteiger partial charge on any atom is 0.177 e. The quantitative estimate of drug-likeness (QED) is 0.820. The van der Waals surface area contributed by atoms with E-state index in [-0.39, 0.29) is 5.41 Å². The van der Waals surface area contributed by atoms with Crippen molar-refractivity contribution in [3.63, 3.8) is 0 Å². The fourth-order valence-corrected chi connectivity index (χ4v) is 2.46. The highest BCUT2D eigenvalue weighted by atomic mass is 32.1. The Morgan fingerprint density at radius 1 is 1.11 bits per heavy atom. The second-order valence-electron chi connectivity index (χ2n) is 5.99. The van der Waals surface area contributed by atoms with Crippen molar-refractivity contribution in [3.8, 4) is 0 Å². The lowest BCUT2D eigenvalue weighted by atomic mass is 9.92. The van der Waals surface area contributed by atoms with Crippen molar-refractivity contribution in [1.29, 1.82) is 0 Å². The minimum atomic E-state index is 0.0942. The first-order valence-electron chi connectivity index (χ1n) is 6.78. The van der Waals surface area contributed by atoms with Crippen molar-refractivity contribution < 1.29 is 0 Å². The molecule has 0 saturated carbocycles. The smallest absolute Gasteiger partial charge is 0.177 e. The van der Waals surface area contributed by atoms with Crippen LogP contribution in [0, 0.1) is 4.77 Å². The molecule has 1 aromatic heterocycles. The van der Waals surface area contributed by atoms with Crippen molar-refractivity contribution in [1.82, 2.24) is 9.55 Å². The van der Waals surface area contributed by atoms with E-state index in [1.807, 2.05) is 6.20 Å². The summed E-state index contributed by atoms with van der Waals surface area (Å²) < 4.78 is 2.99. The molecule has 0 radical (unpaired) electrons. The summed E-state index contributed by atoms with van der Waals surface area (Å²) >= 11 is 5.40. The van der Waals surface area contributed by atoms with Gasteiger partial charge in [0.15, 0.2) is 4.77 Å². The third-order valence-electron chi connectivity index (χ3n) is 3.41. The molecule has 0 aliphatic carbocycles. The number of aromatic nitrogens is 2. The van der Waals surface area contributed by atoms with E-state index in [1.54, 1.807) is 0 Å². The monoisotopic (exact) mass is 274 g/mol. The van der Waals surface area contributed by atoms with Crippen molar-refractivity contribution in [2.45, 2.75) is 46.1 Å². The summed E-state index contributed by atoms with van der Waals surface area (Å²) in [5.41, 5.74) is 4.00. The van der Waals surface area contributed by atoms with E-state index >= 15 is 0 Å². The first kappa shape index (κ1) is 14.1. The van der Waals surface area contributed by atoms with E-state index in [4.69, 9.17) is 12.2 Å². The average molecular weight is 274 g/mol. The third kappa shape index (κ3) is 3.16. The molecule has 1 N–H and O–H groups in total. The second-order valence-corrected chi connectivity index (χ2v) is 6.37. The summed E-state index contributed by atoms with van der Waals surface area (Å²) in [4.78, 5) is 3.16. The van der Waals surface area contributed by atoms with Crippen molar-refractivity contribution in [2.24, 2.45) is 0 Å². The van der Waals surface area contributed by atoms with Gasteiger partial charge in [-0.3, -0.25) is 0 Å². The van der Waals surface area contributed by atoms with Gasteiger partial charge in [0.05, 0.1) is 6.54 Å². The predicted octanol–water partition coefficient (Wildman–Crippen LogP) is 4.45. The number of rotatable bonds is 3. The lowest BCUT2D eigenvalue weighted by Crippen LogP contribution is -2.18. The van der Waals surface area contributed by atoms with Crippen molar-refractivity contribution >= 4 is 12.2 Å². The fraction of sp³-hybridized carbons (Fsp3) is 0.438. The Morgan fingerprint density at radius 3 is 2.21 bits per heavy atom. The van der Waals surface area contributed by atoms with Crippen molar-refractivity contribution in [2.75, 3.05) is 0 Å². The number of nitrogens with zero attached hydrogens (tertiary/aromatic N) is 1. The molecule has 0 aliphatic rings. The van der Waals surface area contributed by atoms with Crippen LogP contribution >= 0.6 is 12.2 Å². The minimum absolute atomic E-state index is 0.0942. The number of benzene rings is 1. The Bertz CT molecular complexity index is 597. The van der Waals surface area contributed by atoms with Crippen LogP contribution in [-0.2, 0) is 18.4 Å². The topological polar surface area (TPSA) is 20.7 Å². The van der Waals surface area contributed by atoms with Gasteiger partial charge in [-0.25, -0.2) is 0 Å². The van der Waals surface area contributed by atoms with Crippen LogP contribution in [0.1, 0.15) is 44.5 Å². The van der Waals surface area contributed by atoms with Gasteiger partial charge in [0, 0.05) is 17.3 Å². The molecule has 3 heteroatoms. The molecule has 0 unspecified atom stereocenters. The molecule has 0 aliphatic heterocycles. The Labute approximate surface area is 120 Å². The van der Waals surface area contributed by atoms with Crippen LogP contribution in [0.15, 0.2) is 30.5 Å². The molecule has 1 aromatic carbocycles. The molecule has 0 saturated heterocycles. The van der Waals surface area contributed by atoms with Crippen LogP contribution in [0.2, 0.25) is 0 Å². The molecule has 19 heavy (non-hydrogen) atoms. The molecule has 0 spiro atoms. The van der Waals surface area contributed by atoms with Gasteiger partial charge in [0.1, 0.15) is 0 Å². The van der Waals surface area contributed by atoms with Gasteiger partial charge in [-0.05, 0) is 29.8 Å². The van der Waals surface area contributed by atoms with Crippen molar-refractivity contribution in [3.05, 3.63) is 52.1 Å². The van der Waals surface area contributed by atoms with Gasteiger partial charge in [0.2, 0.25) is 0 Å². The summed E-state index contributed by atoms with van der Waals surface area (Å²) in [5.74, 6) is 0. The molecule has 102 valence electrons. The van der Waals surface area contributed by atoms with E-state index in [2.05, 4.69) is 61.5 Å². The maximum absolute atomic E-state index is 5.40. The van der Waals surface area contributed by atoms with E-state index in [0.717, 1.165) is 17.7 Å². The average Bonchev–Trinajstić information content (AvgIpc) is 2.72. The summed E-state index contributed by atoms with van der Waals surface area (Å²) in [6, 6.07) is 8.78. The lowest BCUT2D eigenvalue weighted by Gasteiger charge is -2.20. The SMILES string of the molecule is CCc1ccc(Cn2c(C(C)(C)C)c[nH]c2=S)cc1. The fourth-order valence-electron chi connectivity index (χ4n) is 2.24. The van der Waals surface area contributed by atoms with E-state index < -0.39 is 0 Å². The van der Waals surface area contributed by atoms with Crippen LogP contribution < -0.4 is 0 Å². The third-order valence-corrected chi connectivity index (χ3v) is 3.75. The zero-order valence-electron chi connectivity index (χ0n) is 12.2. The first-order valence-corrected chi connectivity index (χ1v) is 7.19. The molecular weight excluding hydrogens is 252 g/mol. The highest BCUT2D eigenvalue weighted by Crippen LogP contribution is 2.23. The standard InChI is InChI=1S/C16H22N2S/c1-5-12-6-8-13(9-7-12)11-18-14(16(2,3)4)10-17-15(18)19/h6-10H,5,11H2,1-4H3,(H,17,19). The Morgan fingerprint density at radius 2 is 1.68 bits per heavy atom. The number of aryl methyl sites for hydroxylation is 1. The van der Waals surface area contributed by atoms with Gasteiger partial charge < -0.3 is 9.55 Å². The van der Waals surface area contributed by atoms with Gasteiger partial charge in [-0.1, -0.05) is 52.0 Å². The number of nitrogens with one attached hydrogen (secondary N) is 1. The van der Waals surface area contributed by atoms with Gasteiger partial charge >= 0.3 is 0 Å². The zero-order chi connectivity index (χ0) is 14.0. The van der Waals surface area contributed by atoms with Gasteiger partial charge in [-0.15, -0.1) is 0 Å². The Hall–Kier alpha value is -1.35. The lowest BCUT2D eigenvalue weighted by molar-refractivity contribution is 0.529. The molecule has 0 atom stereocenters. The van der Waals surface area contributed by atoms with E-state index in [1.165, 1.54) is 16.8 Å². The molecule has 0 amide bonds. The van der Waals surface area contributed by atoms with Gasteiger partial charge in [0.25, 0.3) is 0 Å². The molecule has 2 rings (SSSR count). The Balaban J connectivity index is 2.32. The number of aromatic amines is 1. The van der Waals surface area contributed by atoms with Gasteiger partial charge in [-0.2, -0.15) is 0 Å². The zero-order valence-corrected chi connectivity index (χ0v) is 13.0. The predicted molar refractivity (Wildman–Crippen MR) is 83.2 cm³/mol. The highest BCUT2D eigenvalue weighted by Gasteiger charge is 2.19. The molecule has 0 fully saturated rings. The Kier molecular flexibility index (Phi) is 3.95. The largest absolute Gasteiger partial charge is 0.337 e.